The lowest BCUT2D eigenvalue weighted by atomic mass is 10.1. The highest BCUT2D eigenvalue weighted by molar-refractivity contribution is 6.12. The first-order chi connectivity index (χ1) is 6.83. The minimum Gasteiger partial charge on any atom is -0.464 e. The fraction of sp³-hybridized carbons (Fsp3) is 0.0833. The first-order valence-corrected chi connectivity index (χ1v) is 4.46. The second kappa shape index (κ2) is 3.50. The van der Waals surface area contributed by atoms with E-state index in [-0.39, 0.29) is 5.78 Å². The van der Waals surface area contributed by atoms with Crippen LogP contribution in [0.5, 0.6) is 0 Å². The highest BCUT2D eigenvalue weighted by Crippen LogP contribution is 2.21. The predicted molar refractivity (Wildman–Crippen MR) is 55.4 cm³/mol. The lowest BCUT2D eigenvalue weighted by Gasteiger charge is -1.90. The molecule has 0 aliphatic heterocycles. The maximum absolute atomic E-state index is 11.6. The number of rotatable bonds is 2. The molecule has 1 aromatic carbocycles. The van der Waals surface area contributed by atoms with Gasteiger partial charge >= 0.3 is 0 Å². The van der Waals surface area contributed by atoms with E-state index in [1.165, 1.54) is 12.3 Å². The van der Waals surface area contributed by atoms with E-state index in [2.05, 4.69) is 0 Å². The van der Waals surface area contributed by atoms with E-state index >= 15 is 0 Å². The number of allylic oxidation sites excluding steroid dienone is 2. The maximum Gasteiger partial charge on any atom is 0.189 e. The Balaban J connectivity index is 2.58. The van der Waals surface area contributed by atoms with Crippen LogP contribution in [0.4, 0.5) is 0 Å². The van der Waals surface area contributed by atoms with Crippen LogP contribution < -0.4 is 0 Å². The number of benzene rings is 1. The summed E-state index contributed by atoms with van der Waals surface area (Å²) in [5.74, 6) is -0.0162. The van der Waals surface area contributed by atoms with E-state index in [9.17, 15) is 4.79 Å². The fourth-order valence-electron chi connectivity index (χ4n) is 1.41. The smallest absolute Gasteiger partial charge is 0.189 e. The van der Waals surface area contributed by atoms with Crippen LogP contribution in [0.2, 0.25) is 0 Å². The van der Waals surface area contributed by atoms with Crippen molar-refractivity contribution in [2.24, 2.45) is 0 Å². The van der Waals surface area contributed by atoms with Gasteiger partial charge in [-0.1, -0.05) is 24.3 Å². The first-order valence-electron chi connectivity index (χ1n) is 4.46. The summed E-state index contributed by atoms with van der Waals surface area (Å²) in [4.78, 5) is 11.6. The van der Waals surface area contributed by atoms with Crippen molar-refractivity contribution < 1.29 is 9.21 Å². The van der Waals surface area contributed by atoms with Crippen molar-refractivity contribution in [3.05, 3.63) is 48.2 Å². The monoisotopic (exact) mass is 186 g/mol. The molecule has 0 aliphatic rings. The zero-order chi connectivity index (χ0) is 9.97. The summed E-state index contributed by atoms with van der Waals surface area (Å²) in [6.45, 7) is 1.82. The molecule has 0 N–H and O–H groups in total. The molecule has 2 aromatic rings. The summed E-state index contributed by atoms with van der Waals surface area (Å²) in [6, 6.07) is 7.51. The van der Waals surface area contributed by atoms with E-state index in [0.717, 1.165) is 11.0 Å². The number of hydrogen-bond acceptors (Lipinski definition) is 2. The van der Waals surface area contributed by atoms with Crippen LogP contribution in [-0.2, 0) is 0 Å². The average molecular weight is 186 g/mol. The summed E-state index contributed by atoms with van der Waals surface area (Å²) in [7, 11) is 0. The van der Waals surface area contributed by atoms with Gasteiger partial charge in [-0.3, -0.25) is 4.79 Å². The van der Waals surface area contributed by atoms with Crippen LogP contribution in [0.15, 0.2) is 47.1 Å². The second-order valence-corrected chi connectivity index (χ2v) is 3.01. The van der Waals surface area contributed by atoms with Crippen molar-refractivity contribution >= 4 is 16.8 Å². The third-order valence-corrected chi connectivity index (χ3v) is 2.06. The van der Waals surface area contributed by atoms with Gasteiger partial charge in [0.15, 0.2) is 5.78 Å². The van der Waals surface area contributed by atoms with Crippen LogP contribution in [0.1, 0.15) is 17.3 Å². The van der Waals surface area contributed by atoms with Crippen molar-refractivity contribution in [3.63, 3.8) is 0 Å². The van der Waals surface area contributed by atoms with E-state index in [1.807, 2.05) is 31.2 Å². The number of carbonyl (C=O) groups excluding carboxylic acids is 1. The Labute approximate surface area is 81.8 Å². The lowest BCUT2D eigenvalue weighted by molar-refractivity contribution is 0.104. The number of fused-ring (bicyclic) bond motifs is 1. The number of ketones is 1. The van der Waals surface area contributed by atoms with Crippen molar-refractivity contribution in [2.75, 3.05) is 0 Å². The lowest BCUT2D eigenvalue weighted by Crippen LogP contribution is -1.91. The molecule has 0 saturated heterocycles. The van der Waals surface area contributed by atoms with Crippen molar-refractivity contribution in [1.29, 1.82) is 0 Å². The van der Waals surface area contributed by atoms with Gasteiger partial charge in [-0.15, -0.1) is 0 Å². The Bertz CT molecular complexity index is 492. The van der Waals surface area contributed by atoms with Gasteiger partial charge in [0.25, 0.3) is 0 Å². The van der Waals surface area contributed by atoms with Gasteiger partial charge in [-0.05, 0) is 19.1 Å². The zero-order valence-electron chi connectivity index (χ0n) is 7.86. The van der Waals surface area contributed by atoms with Gasteiger partial charge in [0.05, 0.1) is 5.56 Å². The Morgan fingerprint density at radius 3 is 2.93 bits per heavy atom. The number of furan rings is 1. The molecular formula is C12H10O2. The molecular weight excluding hydrogens is 176 g/mol. The SMILES string of the molecule is C/C=C/C(=O)c1coc2ccccc12. The largest absolute Gasteiger partial charge is 0.464 e. The van der Waals surface area contributed by atoms with Crippen LogP contribution in [0.3, 0.4) is 0 Å². The molecule has 2 nitrogen and oxygen atoms in total. The number of hydrogen-bond donors (Lipinski definition) is 0. The van der Waals surface area contributed by atoms with Crippen LogP contribution in [0.25, 0.3) is 11.0 Å². The van der Waals surface area contributed by atoms with Crippen molar-refractivity contribution in [2.45, 2.75) is 6.92 Å². The zero-order valence-corrected chi connectivity index (χ0v) is 7.86. The van der Waals surface area contributed by atoms with E-state index in [0.29, 0.717) is 5.56 Å². The molecule has 1 aromatic heterocycles. The molecule has 0 fully saturated rings. The Morgan fingerprint density at radius 1 is 1.36 bits per heavy atom. The van der Waals surface area contributed by atoms with Gasteiger partial charge in [0.1, 0.15) is 11.8 Å². The Kier molecular flexibility index (Phi) is 2.19. The molecule has 70 valence electrons. The summed E-state index contributed by atoms with van der Waals surface area (Å²) < 4.78 is 5.26. The topological polar surface area (TPSA) is 30.2 Å². The molecule has 0 atom stereocenters. The molecule has 0 bridgehead atoms. The average Bonchev–Trinajstić information content (AvgIpc) is 2.61. The van der Waals surface area contributed by atoms with Gasteiger partial charge in [0, 0.05) is 5.39 Å². The molecule has 0 spiro atoms. The maximum atomic E-state index is 11.6. The molecule has 14 heavy (non-hydrogen) atoms. The second-order valence-electron chi connectivity index (χ2n) is 3.01. The van der Waals surface area contributed by atoms with E-state index in [4.69, 9.17) is 4.42 Å². The summed E-state index contributed by atoms with van der Waals surface area (Å²) in [6.07, 6.45) is 4.77. The van der Waals surface area contributed by atoms with Gasteiger partial charge < -0.3 is 4.42 Å². The normalized spacial score (nSPS) is 11.2. The number of carbonyl (C=O) groups is 1. The third-order valence-electron chi connectivity index (χ3n) is 2.06. The molecule has 0 aliphatic carbocycles. The van der Waals surface area contributed by atoms with Gasteiger partial charge in [0.2, 0.25) is 0 Å². The third kappa shape index (κ3) is 1.35. The molecule has 2 heteroatoms. The minimum atomic E-state index is -0.0162. The van der Waals surface area contributed by atoms with Crippen molar-refractivity contribution in [1.82, 2.24) is 0 Å². The quantitative estimate of drug-likeness (QED) is 0.532. The molecule has 1 heterocycles. The van der Waals surface area contributed by atoms with Gasteiger partial charge in [-0.25, -0.2) is 0 Å². The number of para-hydroxylation sites is 1. The van der Waals surface area contributed by atoms with Crippen LogP contribution in [0, 0.1) is 0 Å². The molecule has 2 rings (SSSR count). The first kappa shape index (κ1) is 8.75. The molecule has 0 radical (unpaired) electrons. The molecule has 0 amide bonds. The van der Waals surface area contributed by atoms with E-state index in [1.54, 1.807) is 6.08 Å². The summed E-state index contributed by atoms with van der Waals surface area (Å²) in [5.41, 5.74) is 1.37. The Hall–Kier alpha value is -1.83. The van der Waals surface area contributed by atoms with E-state index < -0.39 is 0 Å². The Morgan fingerprint density at radius 2 is 2.14 bits per heavy atom. The molecule has 0 unspecified atom stereocenters. The fourth-order valence-corrected chi connectivity index (χ4v) is 1.41. The highest BCUT2D eigenvalue weighted by atomic mass is 16.3. The van der Waals surface area contributed by atoms with Crippen LogP contribution >= 0.6 is 0 Å². The highest BCUT2D eigenvalue weighted by Gasteiger charge is 2.09. The standard InChI is InChI=1S/C12H10O2/c1-2-5-11(13)10-8-14-12-7-4-3-6-9(10)12/h2-8H,1H3/b5-2+. The van der Waals surface area contributed by atoms with Crippen molar-refractivity contribution in [3.8, 4) is 0 Å². The van der Waals surface area contributed by atoms with Gasteiger partial charge in [-0.2, -0.15) is 0 Å². The summed E-state index contributed by atoms with van der Waals surface area (Å²) in [5, 5.41) is 0.871. The molecule has 0 saturated carbocycles. The summed E-state index contributed by atoms with van der Waals surface area (Å²) >= 11 is 0. The minimum absolute atomic E-state index is 0.0162. The van der Waals surface area contributed by atoms with Crippen LogP contribution in [-0.4, -0.2) is 5.78 Å². The predicted octanol–water partition coefficient (Wildman–Crippen LogP) is 3.19.